The molecule has 16 heavy (non-hydrogen) atoms. The van der Waals surface area contributed by atoms with Gasteiger partial charge in [0.15, 0.2) is 0 Å². The van der Waals surface area contributed by atoms with Gasteiger partial charge in [-0.3, -0.25) is 4.90 Å². The van der Waals surface area contributed by atoms with E-state index in [1.807, 2.05) is 0 Å². The van der Waals surface area contributed by atoms with Crippen molar-refractivity contribution in [1.29, 1.82) is 0 Å². The lowest BCUT2D eigenvalue weighted by atomic mass is 9.83. The number of hydrogen-bond acceptors (Lipinski definition) is 3. The van der Waals surface area contributed by atoms with Gasteiger partial charge in [0, 0.05) is 37.0 Å². The highest BCUT2D eigenvalue weighted by atomic mass is 32.2. The molecule has 0 spiro atoms. The first-order valence-corrected chi connectivity index (χ1v) is 7.89. The third-order valence-corrected chi connectivity index (χ3v) is 5.76. The predicted octanol–water partition coefficient (Wildman–Crippen LogP) is 2.20. The van der Waals surface area contributed by atoms with Crippen LogP contribution >= 0.6 is 11.8 Å². The van der Waals surface area contributed by atoms with E-state index in [-0.39, 0.29) is 0 Å². The van der Waals surface area contributed by atoms with E-state index in [2.05, 4.69) is 42.1 Å². The molecule has 94 valence electrons. The highest BCUT2D eigenvalue weighted by molar-refractivity contribution is 8.00. The molecule has 1 saturated carbocycles. The van der Waals surface area contributed by atoms with Crippen molar-refractivity contribution in [1.82, 2.24) is 10.2 Å². The Morgan fingerprint density at radius 2 is 2.19 bits per heavy atom. The van der Waals surface area contributed by atoms with E-state index < -0.39 is 0 Å². The van der Waals surface area contributed by atoms with Crippen LogP contribution in [0.4, 0.5) is 0 Å². The lowest BCUT2D eigenvalue weighted by molar-refractivity contribution is 0.0964. The fourth-order valence-corrected chi connectivity index (χ4v) is 3.98. The van der Waals surface area contributed by atoms with Gasteiger partial charge in [-0.05, 0) is 25.0 Å². The van der Waals surface area contributed by atoms with E-state index in [1.54, 1.807) is 0 Å². The van der Waals surface area contributed by atoms with Gasteiger partial charge in [-0.15, -0.1) is 0 Å². The topological polar surface area (TPSA) is 15.3 Å². The maximum Gasteiger partial charge on any atom is 0.0284 e. The Morgan fingerprint density at radius 1 is 1.44 bits per heavy atom. The van der Waals surface area contributed by atoms with Crippen LogP contribution in [0, 0.1) is 5.92 Å². The molecule has 3 heteroatoms. The highest BCUT2D eigenvalue weighted by Gasteiger charge is 2.39. The lowest BCUT2D eigenvalue weighted by Crippen LogP contribution is -2.58. The fourth-order valence-electron chi connectivity index (χ4n) is 2.99. The van der Waals surface area contributed by atoms with E-state index in [9.17, 15) is 0 Å². The van der Waals surface area contributed by atoms with Gasteiger partial charge in [0.1, 0.15) is 0 Å². The molecule has 1 aliphatic carbocycles. The van der Waals surface area contributed by atoms with E-state index in [0.29, 0.717) is 4.75 Å². The molecule has 2 nitrogen and oxygen atoms in total. The third kappa shape index (κ3) is 2.57. The van der Waals surface area contributed by atoms with Gasteiger partial charge in [-0.2, -0.15) is 11.8 Å². The molecule has 2 fully saturated rings. The summed E-state index contributed by atoms with van der Waals surface area (Å²) in [5.74, 6) is 0.770. The SMILES string of the molecule is CSC1(CN2CCNCC2C(C)C)CCC1. The second-order valence-corrected chi connectivity index (χ2v) is 7.00. The highest BCUT2D eigenvalue weighted by Crippen LogP contribution is 2.43. The number of nitrogens with zero attached hydrogens (tertiary/aromatic N) is 1. The van der Waals surface area contributed by atoms with Gasteiger partial charge in [0.25, 0.3) is 0 Å². The second-order valence-electron chi connectivity index (χ2n) is 5.73. The predicted molar refractivity (Wildman–Crippen MR) is 73.2 cm³/mol. The molecule has 1 unspecified atom stereocenters. The van der Waals surface area contributed by atoms with E-state index >= 15 is 0 Å². The Labute approximate surface area is 105 Å². The standard InChI is InChI=1S/C13H26N2S/c1-11(2)12-9-14-7-8-15(12)10-13(16-3)5-4-6-13/h11-12,14H,4-10H2,1-3H3. The summed E-state index contributed by atoms with van der Waals surface area (Å²) in [6.45, 7) is 9.63. The van der Waals surface area contributed by atoms with Gasteiger partial charge in [-0.25, -0.2) is 0 Å². The summed E-state index contributed by atoms with van der Waals surface area (Å²) in [4.78, 5) is 2.75. The summed E-state index contributed by atoms with van der Waals surface area (Å²) >= 11 is 2.10. The fraction of sp³-hybridized carbons (Fsp3) is 1.00. The molecule has 1 saturated heterocycles. The van der Waals surface area contributed by atoms with Crippen molar-refractivity contribution < 1.29 is 0 Å². The molecule has 1 heterocycles. The average Bonchev–Trinajstić information content (AvgIpc) is 2.24. The van der Waals surface area contributed by atoms with Crippen LogP contribution in [0.15, 0.2) is 0 Å². The van der Waals surface area contributed by atoms with Crippen molar-refractivity contribution in [2.75, 3.05) is 32.4 Å². The molecule has 0 radical (unpaired) electrons. The van der Waals surface area contributed by atoms with Crippen LogP contribution in [0.2, 0.25) is 0 Å². The zero-order valence-corrected chi connectivity index (χ0v) is 11.8. The molecule has 0 aromatic heterocycles. The molecule has 1 N–H and O–H groups in total. The zero-order valence-electron chi connectivity index (χ0n) is 11.0. The molecule has 1 aliphatic heterocycles. The number of hydrogen-bond donors (Lipinski definition) is 1. The summed E-state index contributed by atoms with van der Waals surface area (Å²) in [5, 5.41) is 3.54. The zero-order chi connectivity index (χ0) is 11.6. The first kappa shape index (κ1) is 12.7. The van der Waals surface area contributed by atoms with Crippen LogP contribution in [0.25, 0.3) is 0 Å². The number of thioether (sulfide) groups is 1. The van der Waals surface area contributed by atoms with Crippen LogP contribution in [-0.4, -0.2) is 48.1 Å². The summed E-state index contributed by atoms with van der Waals surface area (Å²) in [5.41, 5.74) is 0. The minimum absolute atomic E-state index is 0.602. The Hall–Kier alpha value is 0.270. The van der Waals surface area contributed by atoms with Gasteiger partial charge in [-0.1, -0.05) is 20.3 Å². The smallest absolute Gasteiger partial charge is 0.0284 e. The largest absolute Gasteiger partial charge is 0.314 e. The van der Waals surface area contributed by atoms with Gasteiger partial charge >= 0.3 is 0 Å². The first-order valence-electron chi connectivity index (χ1n) is 6.67. The van der Waals surface area contributed by atoms with Crippen LogP contribution in [-0.2, 0) is 0 Å². The summed E-state index contributed by atoms with van der Waals surface area (Å²) in [6, 6.07) is 0.748. The minimum Gasteiger partial charge on any atom is -0.314 e. The summed E-state index contributed by atoms with van der Waals surface area (Å²) in [6.07, 6.45) is 6.61. The third-order valence-electron chi connectivity index (χ3n) is 4.36. The first-order chi connectivity index (χ1) is 7.67. The molecule has 0 aromatic carbocycles. The van der Waals surface area contributed by atoms with Crippen molar-refractivity contribution in [3.8, 4) is 0 Å². The molecule has 1 atom stereocenters. The Balaban J connectivity index is 1.95. The quantitative estimate of drug-likeness (QED) is 0.814. The van der Waals surface area contributed by atoms with Crippen molar-refractivity contribution in [3.63, 3.8) is 0 Å². The minimum atomic E-state index is 0.602. The Kier molecular flexibility index (Phi) is 4.20. The lowest BCUT2D eigenvalue weighted by Gasteiger charge is -2.48. The second kappa shape index (κ2) is 5.28. The van der Waals surface area contributed by atoms with Gasteiger partial charge < -0.3 is 5.32 Å². The van der Waals surface area contributed by atoms with Crippen LogP contribution < -0.4 is 5.32 Å². The Bertz CT molecular complexity index is 220. The molecular weight excluding hydrogens is 216 g/mol. The molecular formula is C13H26N2S. The maximum atomic E-state index is 3.54. The van der Waals surface area contributed by atoms with Crippen molar-refractivity contribution in [2.24, 2.45) is 5.92 Å². The maximum absolute atomic E-state index is 3.54. The van der Waals surface area contributed by atoms with E-state index in [1.165, 1.54) is 45.4 Å². The summed E-state index contributed by atoms with van der Waals surface area (Å²) < 4.78 is 0.602. The summed E-state index contributed by atoms with van der Waals surface area (Å²) in [7, 11) is 0. The average molecular weight is 242 g/mol. The molecule has 2 rings (SSSR count). The van der Waals surface area contributed by atoms with Gasteiger partial charge in [0.2, 0.25) is 0 Å². The monoisotopic (exact) mass is 242 g/mol. The molecule has 2 aliphatic rings. The van der Waals surface area contributed by atoms with Crippen molar-refractivity contribution in [3.05, 3.63) is 0 Å². The molecule has 0 aromatic rings. The number of piperazine rings is 1. The molecule has 0 amide bonds. The van der Waals surface area contributed by atoms with E-state index in [0.717, 1.165) is 12.0 Å². The van der Waals surface area contributed by atoms with Crippen molar-refractivity contribution >= 4 is 11.8 Å². The number of nitrogens with one attached hydrogen (secondary N) is 1. The van der Waals surface area contributed by atoms with Crippen molar-refractivity contribution in [2.45, 2.75) is 43.9 Å². The van der Waals surface area contributed by atoms with Crippen LogP contribution in [0.3, 0.4) is 0 Å². The van der Waals surface area contributed by atoms with Crippen LogP contribution in [0.1, 0.15) is 33.1 Å². The number of rotatable bonds is 4. The normalized spacial score (nSPS) is 30.4. The van der Waals surface area contributed by atoms with Gasteiger partial charge in [0.05, 0.1) is 0 Å². The molecule has 0 bridgehead atoms. The van der Waals surface area contributed by atoms with E-state index in [4.69, 9.17) is 0 Å². The van der Waals surface area contributed by atoms with Crippen LogP contribution in [0.5, 0.6) is 0 Å². The Morgan fingerprint density at radius 3 is 2.69 bits per heavy atom.